The molecule has 0 fully saturated rings. The van der Waals surface area contributed by atoms with Crippen LogP contribution < -0.4 is 0 Å². The minimum absolute atomic E-state index is 0.0306. The van der Waals surface area contributed by atoms with Gasteiger partial charge in [-0.05, 0) is 22.4 Å². The lowest BCUT2D eigenvalue weighted by molar-refractivity contribution is -0.137. The highest BCUT2D eigenvalue weighted by Crippen LogP contribution is 2.27. The van der Waals surface area contributed by atoms with Gasteiger partial charge in [-0.1, -0.05) is 66.7 Å². The summed E-state index contributed by atoms with van der Waals surface area (Å²) in [6.45, 7) is 2.08. The van der Waals surface area contributed by atoms with Crippen molar-refractivity contribution in [1.82, 2.24) is 14.3 Å². The van der Waals surface area contributed by atoms with Crippen LogP contribution in [0.25, 0.3) is 27.0 Å². The minimum atomic E-state index is -0.0306. The van der Waals surface area contributed by atoms with Gasteiger partial charge >= 0.3 is 0 Å². The molecule has 0 N–H and O–H groups in total. The predicted octanol–water partition coefficient (Wildman–Crippen LogP) is 5.45. The number of benzene rings is 3. The van der Waals surface area contributed by atoms with E-state index in [1.54, 1.807) is 18.4 Å². The van der Waals surface area contributed by atoms with Crippen LogP contribution in [-0.4, -0.2) is 53.6 Å². The molecule has 0 atom stereocenters. The van der Waals surface area contributed by atoms with Crippen LogP contribution >= 0.6 is 11.3 Å². The third kappa shape index (κ3) is 5.65. The van der Waals surface area contributed by atoms with Crippen LogP contribution in [0.1, 0.15) is 11.3 Å². The molecule has 2 aromatic heterocycles. The first kappa shape index (κ1) is 24.2. The van der Waals surface area contributed by atoms with Gasteiger partial charge < -0.3 is 14.4 Å². The van der Waals surface area contributed by atoms with Crippen molar-refractivity contribution >= 4 is 33.0 Å². The lowest BCUT2D eigenvalue weighted by Gasteiger charge is -2.22. The number of nitrogens with zero attached hydrogens (tertiary/aromatic N) is 3. The number of thiazole rings is 1. The van der Waals surface area contributed by atoms with Crippen LogP contribution in [0, 0.1) is 0 Å². The van der Waals surface area contributed by atoms with Crippen LogP contribution in [0.15, 0.2) is 84.4 Å². The summed E-state index contributed by atoms with van der Waals surface area (Å²) in [5, 5.41) is 4.54. The highest BCUT2D eigenvalue weighted by molar-refractivity contribution is 7.15. The van der Waals surface area contributed by atoms with E-state index >= 15 is 0 Å². The second kappa shape index (κ2) is 11.5. The van der Waals surface area contributed by atoms with Crippen molar-refractivity contribution in [3.05, 3.63) is 95.6 Å². The Bertz CT molecular complexity index is 1440. The highest BCUT2D eigenvalue weighted by atomic mass is 32.1. The Morgan fingerprint density at radius 2 is 1.81 bits per heavy atom. The molecular weight excluding hydrogens is 470 g/mol. The van der Waals surface area contributed by atoms with Crippen LogP contribution in [0.3, 0.4) is 0 Å². The zero-order valence-electron chi connectivity index (χ0n) is 20.3. The number of fused-ring (bicyclic) bond motifs is 2. The standard InChI is InChI=1S/C29H29N3O3S/c1-34-16-15-31(28(33)20-35-19-22-7-3-2-4-8-22)14-13-26-21-36-29-30-27(18-32(26)29)25-12-11-23-9-5-6-10-24(23)17-25/h2-12,17-18,21H,13-16,19-20H2,1H3. The zero-order chi connectivity index (χ0) is 24.7. The molecule has 0 aliphatic carbocycles. The number of hydrogen-bond donors (Lipinski definition) is 0. The van der Waals surface area contributed by atoms with Gasteiger partial charge in [-0.15, -0.1) is 11.3 Å². The molecule has 0 aliphatic rings. The van der Waals surface area contributed by atoms with Crippen molar-refractivity contribution < 1.29 is 14.3 Å². The van der Waals surface area contributed by atoms with Gasteiger partial charge in [0, 0.05) is 49.5 Å². The van der Waals surface area contributed by atoms with Crippen LogP contribution in [0.4, 0.5) is 0 Å². The lowest BCUT2D eigenvalue weighted by atomic mass is 10.1. The summed E-state index contributed by atoms with van der Waals surface area (Å²) in [5.41, 5.74) is 4.24. The summed E-state index contributed by atoms with van der Waals surface area (Å²) in [6, 6.07) is 24.7. The fraction of sp³-hybridized carbons (Fsp3) is 0.241. The molecule has 1 amide bonds. The third-order valence-electron chi connectivity index (χ3n) is 6.22. The van der Waals surface area contributed by atoms with E-state index < -0.39 is 0 Å². The van der Waals surface area contributed by atoms with E-state index in [4.69, 9.17) is 14.5 Å². The average Bonchev–Trinajstić information content (AvgIpc) is 3.50. The first-order valence-corrected chi connectivity index (χ1v) is 12.9. The quantitative estimate of drug-likeness (QED) is 0.243. The predicted molar refractivity (Wildman–Crippen MR) is 144 cm³/mol. The molecular formula is C29H29N3O3S. The monoisotopic (exact) mass is 499 g/mol. The van der Waals surface area contributed by atoms with E-state index in [2.05, 4.69) is 58.4 Å². The number of ether oxygens (including phenoxy) is 2. The van der Waals surface area contributed by atoms with Crippen LogP contribution in [-0.2, 0) is 27.3 Å². The maximum atomic E-state index is 12.9. The van der Waals surface area contributed by atoms with Gasteiger partial charge in [-0.2, -0.15) is 0 Å². The third-order valence-corrected chi connectivity index (χ3v) is 7.11. The van der Waals surface area contributed by atoms with Crippen molar-refractivity contribution in [2.45, 2.75) is 13.0 Å². The summed E-state index contributed by atoms with van der Waals surface area (Å²) in [6.07, 6.45) is 2.82. The second-order valence-corrected chi connectivity index (χ2v) is 9.51. The van der Waals surface area contributed by atoms with Crippen molar-refractivity contribution in [3.63, 3.8) is 0 Å². The summed E-state index contributed by atoms with van der Waals surface area (Å²) in [4.78, 5) is 20.5. The number of amides is 1. The fourth-order valence-corrected chi connectivity index (χ4v) is 5.14. The summed E-state index contributed by atoms with van der Waals surface area (Å²) in [7, 11) is 1.65. The number of methoxy groups -OCH3 is 1. The Kier molecular flexibility index (Phi) is 7.71. The summed E-state index contributed by atoms with van der Waals surface area (Å²) >= 11 is 1.62. The maximum Gasteiger partial charge on any atom is 0.248 e. The van der Waals surface area contributed by atoms with E-state index in [-0.39, 0.29) is 12.5 Å². The normalized spacial score (nSPS) is 11.4. The second-order valence-electron chi connectivity index (χ2n) is 8.67. The molecule has 0 bridgehead atoms. The highest BCUT2D eigenvalue weighted by Gasteiger charge is 2.16. The van der Waals surface area contributed by atoms with Gasteiger partial charge in [-0.3, -0.25) is 9.20 Å². The molecule has 0 spiro atoms. The van der Waals surface area contributed by atoms with Crippen LogP contribution in [0.2, 0.25) is 0 Å². The molecule has 6 nitrogen and oxygen atoms in total. The average molecular weight is 500 g/mol. The van der Waals surface area contributed by atoms with Crippen molar-refractivity contribution in [2.75, 3.05) is 33.4 Å². The Morgan fingerprint density at radius 1 is 1.00 bits per heavy atom. The zero-order valence-corrected chi connectivity index (χ0v) is 21.1. The van der Waals surface area contributed by atoms with Gasteiger partial charge in [0.2, 0.25) is 5.91 Å². The topological polar surface area (TPSA) is 56.1 Å². The van der Waals surface area contributed by atoms with E-state index in [9.17, 15) is 4.79 Å². The molecule has 7 heteroatoms. The van der Waals surface area contributed by atoms with Gasteiger partial charge in [0.25, 0.3) is 0 Å². The van der Waals surface area contributed by atoms with E-state index in [1.807, 2.05) is 35.2 Å². The van der Waals surface area contributed by atoms with Crippen molar-refractivity contribution in [1.29, 1.82) is 0 Å². The van der Waals surface area contributed by atoms with Crippen molar-refractivity contribution in [2.24, 2.45) is 0 Å². The van der Waals surface area contributed by atoms with Crippen molar-refractivity contribution in [3.8, 4) is 11.3 Å². The molecule has 3 aromatic carbocycles. The van der Waals surface area contributed by atoms with E-state index in [0.717, 1.165) is 33.9 Å². The first-order chi connectivity index (χ1) is 17.7. The minimum Gasteiger partial charge on any atom is -0.383 e. The SMILES string of the molecule is COCCN(CCc1csc2nc(-c3ccc4ccccc4c3)cn12)C(=O)COCc1ccccc1. The Morgan fingerprint density at radius 3 is 2.64 bits per heavy atom. The number of carbonyl (C=O) groups excluding carboxylic acids is 1. The number of hydrogen-bond acceptors (Lipinski definition) is 5. The summed E-state index contributed by atoms with van der Waals surface area (Å²) < 4.78 is 13.1. The first-order valence-electron chi connectivity index (χ1n) is 12.0. The fourth-order valence-electron chi connectivity index (χ4n) is 4.23. The van der Waals surface area contributed by atoms with Gasteiger partial charge in [0.15, 0.2) is 4.96 Å². The number of carbonyl (C=O) groups is 1. The van der Waals surface area contributed by atoms with Crippen LogP contribution in [0.5, 0.6) is 0 Å². The molecule has 0 saturated carbocycles. The summed E-state index contributed by atoms with van der Waals surface area (Å²) in [5.74, 6) is -0.0306. The molecule has 0 unspecified atom stereocenters. The molecule has 0 radical (unpaired) electrons. The number of aromatic nitrogens is 2. The Hall–Kier alpha value is -3.52. The molecule has 0 aliphatic heterocycles. The smallest absolute Gasteiger partial charge is 0.248 e. The van der Waals surface area contributed by atoms with E-state index in [0.29, 0.717) is 26.3 Å². The number of imidazole rings is 1. The molecule has 5 rings (SSSR count). The Labute approximate surface area is 214 Å². The molecule has 36 heavy (non-hydrogen) atoms. The lowest BCUT2D eigenvalue weighted by Crippen LogP contribution is -2.38. The molecule has 5 aromatic rings. The maximum absolute atomic E-state index is 12.9. The largest absolute Gasteiger partial charge is 0.383 e. The molecule has 2 heterocycles. The van der Waals surface area contributed by atoms with Gasteiger partial charge in [0.1, 0.15) is 6.61 Å². The van der Waals surface area contributed by atoms with Gasteiger partial charge in [0.05, 0.1) is 18.9 Å². The van der Waals surface area contributed by atoms with E-state index in [1.165, 1.54) is 10.8 Å². The molecule has 0 saturated heterocycles. The molecule has 184 valence electrons. The van der Waals surface area contributed by atoms with Gasteiger partial charge in [-0.25, -0.2) is 4.98 Å². The number of rotatable bonds is 11. The Balaban J connectivity index is 1.25.